The molecule has 4 heteroatoms. The largest absolute Gasteiger partial charge is 0.465 e. The van der Waals surface area contributed by atoms with E-state index >= 15 is 0 Å². The van der Waals surface area contributed by atoms with Crippen LogP contribution in [0.25, 0.3) is 0 Å². The molecule has 1 aliphatic rings. The fourth-order valence-electron chi connectivity index (χ4n) is 1.20. The van der Waals surface area contributed by atoms with E-state index in [1.807, 2.05) is 6.92 Å². The van der Waals surface area contributed by atoms with E-state index < -0.39 is 0 Å². The van der Waals surface area contributed by atoms with Crippen LogP contribution in [0.4, 0.5) is 0 Å². The Labute approximate surface area is 71.3 Å². The molecule has 1 rings (SSSR count). The Hall–Kier alpha value is -1.06. The van der Waals surface area contributed by atoms with Crippen LogP contribution in [0.15, 0.2) is 0 Å². The number of hydrogen-bond donors (Lipinski definition) is 1. The van der Waals surface area contributed by atoms with E-state index in [2.05, 4.69) is 5.32 Å². The van der Waals surface area contributed by atoms with E-state index in [0.717, 1.165) is 0 Å². The molecule has 1 fully saturated rings. The number of nitrogens with one attached hydrogen (secondary N) is 1. The van der Waals surface area contributed by atoms with Crippen molar-refractivity contribution in [3.63, 3.8) is 0 Å². The number of rotatable bonds is 2. The normalized spacial score (nSPS) is 28.3. The molecule has 0 spiro atoms. The second kappa shape index (κ2) is 3.13. The van der Waals surface area contributed by atoms with Crippen molar-refractivity contribution in [2.75, 3.05) is 13.2 Å². The summed E-state index contributed by atoms with van der Waals surface area (Å²) in [6, 6.07) is 0. The Morgan fingerprint density at radius 1 is 1.75 bits per heavy atom. The number of carbonyl (C=O) groups excluding carboxylic acids is 2. The standard InChI is InChI=1S/C8H13NO3/c1-6(10)12-5-8(2)3-7(11)9-4-8/h3-5H2,1-2H3,(H,9,11). The number of carbonyl (C=O) groups is 2. The van der Waals surface area contributed by atoms with Crippen molar-refractivity contribution >= 4 is 11.9 Å². The van der Waals surface area contributed by atoms with Crippen LogP contribution in [0.2, 0.25) is 0 Å². The lowest BCUT2D eigenvalue weighted by molar-refractivity contribution is -0.144. The maximum Gasteiger partial charge on any atom is 0.302 e. The first-order valence-electron chi connectivity index (χ1n) is 3.92. The topological polar surface area (TPSA) is 55.4 Å². The van der Waals surface area contributed by atoms with Gasteiger partial charge in [-0.25, -0.2) is 0 Å². The molecule has 1 saturated heterocycles. The van der Waals surface area contributed by atoms with Gasteiger partial charge in [-0.1, -0.05) is 6.92 Å². The zero-order valence-corrected chi connectivity index (χ0v) is 7.35. The maximum atomic E-state index is 10.9. The van der Waals surface area contributed by atoms with Gasteiger partial charge < -0.3 is 10.1 Å². The zero-order chi connectivity index (χ0) is 9.19. The molecular formula is C8H13NO3. The van der Waals surface area contributed by atoms with Gasteiger partial charge in [0.15, 0.2) is 0 Å². The van der Waals surface area contributed by atoms with Gasteiger partial charge in [0.2, 0.25) is 5.91 Å². The molecule has 1 amide bonds. The average molecular weight is 171 g/mol. The van der Waals surface area contributed by atoms with Crippen molar-refractivity contribution in [3.8, 4) is 0 Å². The van der Waals surface area contributed by atoms with Gasteiger partial charge in [0.1, 0.15) is 0 Å². The molecule has 0 saturated carbocycles. The van der Waals surface area contributed by atoms with Gasteiger partial charge in [-0.3, -0.25) is 9.59 Å². The van der Waals surface area contributed by atoms with Crippen LogP contribution in [-0.4, -0.2) is 25.0 Å². The molecule has 12 heavy (non-hydrogen) atoms. The van der Waals surface area contributed by atoms with Crippen LogP contribution in [0.5, 0.6) is 0 Å². The van der Waals surface area contributed by atoms with Gasteiger partial charge in [-0.15, -0.1) is 0 Å². The fraction of sp³-hybridized carbons (Fsp3) is 0.750. The van der Waals surface area contributed by atoms with E-state index in [-0.39, 0.29) is 17.3 Å². The van der Waals surface area contributed by atoms with Gasteiger partial charge in [-0.2, -0.15) is 0 Å². The van der Waals surface area contributed by atoms with Crippen molar-refractivity contribution in [2.45, 2.75) is 20.3 Å². The molecule has 0 bridgehead atoms. The first-order chi connectivity index (χ1) is 5.52. The second-order valence-electron chi connectivity index (χ2n) is 3.54. The predicted octanol–water partition coefficient (Wildman–Crippen LogP) is 0.0757. The van der Waals surface area contributed by atoms with Gasteiger partial charge in [0.25, 0.3) is 0 Å². The molecule has 0 aromatic carbocycles. The third kappa shape index (κ3) is 2.22. The van der Waals surface area contributed by atoms with Gasteiger partial charge in [-0.05, 0) is 0 Å². The minimum absolute atomic E-state index is 0.0321. The molecule has 68 valence electrons. The van der Waals surface area contributed by atoms with Gasteiger partial charge in [0, 0.05) is 25.3 Å². The maximum absolute atomic E-state index is 10.9. The SMILES string of the molecule is CC(=O)OCC1(C)CNC(=O)C1. The molecule has 0 aromatic rings. The van der Waals surface area contributed by atoms with E-state index in [9.17, 15) is 9.59 Å². The summed E-state index contributed by atoms with van der Waals surface area (Å²) in [5.74, 6) is -0.264. The van der Waals surface area contributed by atoms with Crippen LogP contribution < -0.4 is 5.32 Å². The molecule has 1 unspecified atom stereocenters. The summed E-state index contributed by atoms with van der Waals surface area (Å²) >= 11 is 0. The minimum atomic E-state index is -0.296. The Morgan fingerprint density at radius 2 is 2.42 bits per heavy atom. The minimum Gasteiger partial charge on any atom is -0.465 e. The van der Waals surface area contributed by atoms with E-state index in [1.54, 1.807) is 0 Å². The number of ether oxygens (including phenoxy) is 1. The smallest absolute Gasteiger partial charge is 0.302 e. The lowest BCUT2D eigenvalue weighted by Gasteiger charge is -2.19. The summed E-state index contributed by atoms with van der Waals surface area (Å²) in [4.78, 5) is 21.3. The van der Waals surface area contributed by atoms with Crippen LogP contribution in [0.3, 0.4) is 0 Å². The van der Waals surface area contributed by atoms with Crippen molar-refractivity contribution < 1.29 is 14.3 Å². The van der Waals surface area contributed by atoms with Crippen LogP contribution in [-0.2, 0) is 14.3 Å². The third-order valence-electron chi connectivity index (χ3n) is 1.92. The van der Waals surface area contributed by atoms with Gasteiger partial charge >= 0.3 is 5.97 Å². The molecular weight excluding hydrogens is 158 g/mol. The summed E-state index contributed by atoms with van der Waals surface area (Å²) in [6.45, 7) is 4.21. The second-order valence-corrected chi connectivity index (χ2v) is 3.54. The van der Waals surface area contributed by atoms with E-state index in [1.165, 1.54) is 6.92 Å². The highest BCUT2D eigenvalue weighted by atomic mass is 16.5. The molecule has 1 heterocycles. The highest BCUT2D eigenvalue weighted by Crippen LogP contribution is 2.25. The van der Waals surface area contributed by atoms with E-state index in [4.69, 9.17) is 4.74 Å². The zero-order valence-electron chi connectivity index (χ0n) is 7.35. The Bertz CT molecular complexity index is 214. The summed E-state index contributed by atoms with van der Waals surface area (Å²) in [5, 5.41) is 2.70. The first kappa shape index (κ1) is 9.03. The molecule has 4 nitrogen and oxygen atoms in total. The Morgan fingerprint density at radius 3 is 2.83 bits per heavy atom. The number of hydrogen-bond acceptors (Lipinski definition) is 3. The molecule has 1 N–H and O–H groups in total. The lowest BCUT2D eigenvalue weighted by Crippen LogP contribution is -2.26. The highest BCUT2D eigenvalue weighted by molar-refractivity contribution is 5.79. The van der Waals surface area contributed by atoms with Crippen molar-refractivity contribution in [1.29, 1.82) is 0 Å². The fourth-order valence-corrected chi connectivity index (χ4v) is 1.20. The summed E-state index contributed by atoms with van der Waals surface area (Å²) in [7, 11) is 0. The van der Waals surface area contributed by atoms with E-state index in [0.29, 0.717) is 19.6 Å². The summed E-state index contributed by atoms with van der Waals surface area (Å²) < 4.78 is 4.85. The lowest BCUT2D eigenvalue weighted by atomic mass is 9.91. The first-order valence-corrected chi connectivity index (χ1v) is 3.92. The van der Waals surface area contributed by atoms with Gasteiger partial charge in [0.05, 0.1) is 6.61 Å². The summed E-state index contributed by atoms with van der Waals surface area (Å²) in [6.07, 6.45) is 0.445. The Balaban J connectivity index is 2.40. The van der Waals surface area contributed by atoms with Crippen LogP contribution >= 0.6 is 0 Å². The van der Waals surface area contributed by atoms with Crippen molar-refractivity contribution in [1.82, 2.24) is 5.32 Å². The Kier molecular flexibility index (Phi) is 2.35. The average Bonchev–Trinajstić information content (AvgIpc) is 2.29. The molecule has 0 aliphatic carbocycles. The molecule has 1 aliphatic heterocycles. The number of amides is 1. The van der Waals surface area contributed by atoms with Crippen LogP contribution in [0, 0.1) is 5.41 Å². The molecule has 0 radical (unpaired) electrons. The van der Waals surface area contributed by atoms with Crippen molar-refractivity contribution in [3.05, 3.63) is 0 Å². The predicted molar refractivity (Wildman–Crippen MR) is 42.4 cm³/mol. The van der Waals surface area contributed by atoms with Crippen LogP contribution in [0.1, 0.15) is 20.3 Å². The number of esters is 1. The quantitative estimate of drug-likeness (QED) is 0.598. The summed E-state index contributed by atoms with van der Waals surface area (Å²) in [5.41, 5.74) is -0.206. The third-order valence-corrected chi connectivity index (χ3v) is 1.92. The molecule has 1 atom stereocenters. The van der Waals surface area contributed by atoms with Crippen molar-refractivity contribution in [2.24, 2.45) is 5.41 Å². The molecule has 0 aromatic heterocycles. The highest BCUT2D eigenvalue weighted by Gasteiger charge is 2.34. The monoisotopic (exact) mass is 171 g/mol.